The SMILES string of the molecule is CC(C)(C)[C@@H]1OC(C(=O)[O-])[C@H](O[C@@H]2OC(C(=O)NCc3ccc(-c4nncnn4)cc3)[C@@H](C(C)(C)C)[C@H](O)C2O)[C@H](O)C1O.[Na+]. The van der Waals surface area contributed by atoms with E-state index in [0.717, 1.165) is 5.56 Å². The Bertz CT molecular complexity index is 1290. The summed E-state index contributed by atoms with van der Waals surface area (Å²) in [5, 5.41) is 73.8. The smallest absolute Gasteiger partial charge is 0.547 e. The van der Waals surface area contributed by atoms with Gasteiger partial charge in [0.25, 0.3) is 0 Å². The Labute approximate surface area is 283 Å². The predicted octanol–water partition coefficient (Wildman–Crippen LogP) is -4.67. The zero-order chi connectivity index (χ0) is 32.6. The number of benzene rings is 1. The van der Waals surface area contributed by atoms with Crippen LogP contribution in [0.25, 0.3) is 11.4 Å². The van der Waals surface area contributed by atoms with Crippen molar-refractivity contribution in [3.05, 3.63) is 36.2 Å². The molecule has 45 heavy (non-hydrogen) atoms. The van der Waals surface area contributed by atoms with Crippen LogP contribution in [-0.2, 0) is 30.3 Å². The van der Waals surface area contributed by atoms with Crippen LogP contribution in [0.1, 0.15) is 47.1 Å². The Balaban J connectivity index is 0.00000552. The molecule has 15 nitrogen and oxygen atoms in total. The number of amides is 1. The maximum atomic E-state index is 13.5. The zero-order valence-electron chi connectivity index (χ0n) is 26.4. The summed E-state index contributed by atoms with van der Waals surface area (Å²) in [5.41, 5.74) is -0.117. The third kappa shape index (κ3) is 8.41. The first-order chi connectivity index (χ1) is 20.5. The molecule has 10 atom stereocenters. The Morgan fingerprint density at radius 1 is 0.867 bits per heavy atom. The van der Waals surface area contributed by atoms with Crippen molar-refractivity contribution in [3.63, 3.8) is 0 Å². The molecule has 1 amide bonds. The van der Waals surface area contributed by atoms with Crippen molar-refractivity contribution in [2.24, 2.45) is 16.7 Å². The van der Waals surface area contributed by atoms with Crippen LogP contribution in [0.2, 0.25) is 0 Å². The largest absolute Gasteiger partial charge is 1.00 e. The van der Waals surface area contributed by atoms with Gasteiger partial charge in [0.2, 0.25) is 11.7 Å². The van der Waals surface area contributed by atoms with Crippen LogP contribution in [0.4, 0.5) is 0 Å². The summed E-state index contributed by atoms with van der Waals surface area (Å²) in [6, 6.07) is 6.98. The average Bonchev–Trinajstić information content (AvgIpc) is 2.95. The van der Waals surface area contributed by atoms with E-state index in [9.17, 15) is 35.1 Å². The minimum absolute atomic E-state index is 0. The summed E-state index contributed by atoms with van der Waals surface area (Å²) in [7, 11) is 0. The van der Waals surface area contributed by atoms with Crippen LogP contribution in [0.5, 0.6) is 0 Å². The second-order valence-corrected chi connectivity index (χ2v) is 13.3. The van der Waals surface area contributed by atoms with E-state index in [1.807, 2.05) is 0 Å². The molecule has 242 valence electrons. The number of ether oxygens (including phenoxy) is 3. The average molecular weight is 642 g/mol. The predicted molar refractivity (Wildman–Crippen MR) is 149 cm³/mol. The monoisotopic (exact) mass is 641 g/mol. The number of carboxylic acid groups (broad SMARTS) is 1. The number of aromatic nitrogens is 4. The van der Waals surface area contributed by atoms with Gasteiger partial charge in [-0.25, -0.2) is 0 Å². The molecule has 2 saturated heterocycles. The molecule has 0 radical (unpaired) electrons. The molecule has 0 bridgehead atoms. The minimum atomic E-state index is -1.85. The van der Waals surface area contributed by atoms with Crippen LogP contribution in [0.3, 0.4) is 0 Å². The number of rotatable bonds is 7. The first-order valence-corrected chi connectivity index (χ1v) is 14.3. The first-order valence-electron chi connectivity index (χ1n) is 14.3. The number of nitrogens with zero attached hydrogens (tertiary/aromatic N) is 4. The van der Waals surface area contributed by atoms with E-state index < -0.39 is 83.7 Å². The van der Waals surface area contributed by atoms with Crippen molar-refractivity contribution >= 4 is 11.9 Å². The number of aliphatic hydroxyl groups is 4. The van der Waals surface area contributed by atoms with Gasteiger partial charge in [-0.2, -0.15) is 0 Å². The molecule has 2 aliphatic rings. The molecule has 1 aromatic heterocycles. The fourth-order valence-electron chi connectivity index (χ4n) is 5.63. The molecule has 5 N–H and O–H groups in total. The number of hydrogen-bond acceptors (Lipinski definition) is 14. The normalized spacial score (nSPS) is 32.3. The summed E-state index contributed by atoms with van der Waals surface area (Å²) >= 11 is 0. The number of hydrogen-bond donors (Lipinski definition) is 5. The molecule has 16 heteroatoms. The Kier molecular flexibility index (Phi) is 12.2. The van der Waals surface area contributed by atoms with Crippen molar-refractivity contribution in [2.75, 3.05) is 0 Å². The van der Waals surface area contributed by atoms with Crippen LogP contribution >= 0.6 is 0 Å². The number of carbonyl (C=O) groups excluding carboxylic acids is 2. The van der Waals surface area contributed by atoms with E-state index in [1.54, 1.807) is 65.8 Å². The molecule has 2 aromatic rings. The molecule has 0 saturated carbocycles. The van der Waals surface area contributed by atoms with Crippen molar-refractivity contribution in [1.29, 1.82) is 0 Å². The maximum absolute atomic E-state index is 13.5. The molecule has 0 spiro atoms. The topological polar surface area (TPSA) is 229 Å². The van der Waals surface area contributed by atoms with Gasteiger partial charge in [0.15, 0.2) is 12.6 Å². The number of aliphatic hydroxyl groups excluding tert-OH is 4. The van der Waals surface area contributed by atoms with E-state index in [1.165, 1.54) is 6.33 Å². The van der Waals surface area contributed by atoms with Crippen LogP contribution in [0, 0.1) is 16.7 Å². The van der Waals surface area contributed by atoms with Crippen LogP contribution in [-0.4, -0.2) is 108 Å². The Morgan fingerprint density at radius 2 is 1.47 bits per heavy atom. The summed E-state index contributed by atoms with van der Waals surface area (Å²) in [5.74, 6) is -2.94. The van der Waals surface area contributed by atoms with E-state index in [0.29, 0.717) is 11.4 Å². The molecule has 4 rings (SSSR count). The standard InChI is InChI=1S/C29H41N5O10.Na/c1-28(2,3)15-16(35)19(38)27(44-21-17(36)18(37)23(29(4,5)6)42-22(21)26(40)41)43-20(15)25(39)30-11-13-7-9-14(10-8-13)24-33-31-12-32-34-24;/h7-10,12,15-23,27,35-38H,11H2,1-6H3,(H,30,39)(H,40,41);/q;+1/p-1/t15-,16-,17+,18?,19?,20?,21+,22?,23+,27-;/m0./s1. The third-order valence-corrected chi connectivity index (χ3v) is 7.91. The van der Waals surface area contributed by atoms with Gasteiger partial charge in [-0.15, -0.1) is 20.4 Å². The number of nitrogens with one attached hydrogen (secondary N) is 1. The summed E-state index contributed by atoms with van der Waals surface area (Å²) in [6.45, 7) is 10.5. The van der Waals surface area contributed by atoms with E-state index in [-0.39, 0.29) is 36.1 Å². The van der Waals surface area contributed by atoms with Gasteiger partial charge >= 0.3 is 29.6 Å². The van der Waals surface area contributed by atoms with E-state index in [4.69, 9.17) is 14.2 Å². The molecule has 3 heterocycles. The number of carbonyl (C=O) groups is 2. The van der Waals surface area contributed by atoms with Crippen LogP contribution in [0.15, 0.2) is 30.6 Å². The second kappa shape index (κ2) is 14.7. The molecule has 1 aromatic carbocycles. The molecule has 2 aliphatic heterocycles. The quantitative estimate of drug-likeness (QED) is 0.179. The fraction of sp³-hybridized carbons (Fsp3) is 0.655. The molecule has 4 unspecified atom stereocenters. The first kappa shape index (κ1) is 37.3. The van der Waals surface area contributed by atoms with Gasteiger partial charge < -0.3 is 49.9 Å². The van der Waals surface area contributed by atoms with Crippen molar-refractivity contribution in [3.8, 4) is 11.4 Å². The summed E-state index contributed by atoms with van der Waals surface area (Å²) in [4.78, 5) is 25.5. The Hall–Kier alpha value is -2.18. The molecule has 2 fully saturated rings. The van der Waals surface area contributed by atoms with E-state index >= 15 is 0 Å². The number of aliphatic carboxylic acids is 1. The second-order valence-electron chi connectivity index (χ2n) is 13.3. The summed E-state index contributed by atoms with van der Waals surface area (Å²) in [6.07, 6.45) is -13.2. The molecule has 0 aliphatic carbocycles. The van der Waals surface area contributed by atoms with Crippen molar-refractivity contribution < 1.29 is 78.9 Å². The van der Waals surface area contributed by atoms with E-state index in [2.05, 4.69) is 25.7 Å². The van der Waals surface area contributed by atoms with Crippen LogP contribution < -0.4 is 40.0 Å². The van der Waals surface area contributed by atoms with Gasteiger partial charge in [0, 0.05) is 18.0 Å². The van der Waals surface area contributed by atoms with Gasteiger partial charge in [0.1, 0.15) is 36.6 Å². The van der Waals surface area contributed by atoms with Crippen molar-refractivity contribution in [1.82, 2.24) is 25.7 Å². The fourth-order valence-corrected chi connectivity index (χ4v) is 5.63. The molecular weight excluding hydrogens is 601 g/mol. The van der Waals surface area contributed by atoms with Crippen molar-refractivity contribution in [2.45, 2.75) is 103 Å². The minimum Gasteiger partial charge on any atom is -0.547 e. The van der Waals surface area contributed by atoms with Gasteiger partial charge in [-0.05, 0) is 16.4 Å². The van der Waals surface area contributed by atoms with Gasteiger partial charge in [-0.1, -0.05) is 65.8 Å². The van der Waals surface area contributed by atoms with Gasteiger partial charge in [-0.3, -0.25) is 4.79 Å². The maximum Gasteiger partial charge on any atom is 1.00 e. The summed E-state index contributed by atoms with van der Waals surface area (Å²) < 4.78 is 17.2. The third-order valence-electron chi connectivity index (χ3n) is 7.91. The molecular formula is C29H40N5NaO10. The Morgan fingerprint density at radius 3 is 2.00 bits per heavy atom. The number of carboxylic acids is 1. The zero-order valence-corrected chi connectivity index (χ0v) is 28.4. The van der Waals surface area contributed by atoms with Gasteiger partial charge in [0.05, 0.1) is 18.2 Å².